The summed E-state index contributed by atoms with van der Waals surface area (Å²) in [5, 5.41) is 2.91. The summed E-state index contributed by atoms with van der Waals surface area (Å²) < 4.78 is 10.9. The fraction of sp³-hybridized carbons (Fsp3) is 0.909. The number of carbonyl (C=O) groups is 1. The quantitative estimate of drug-likeness (QED) is 0.662. The summed E-state index contributed by atoms with van der Waals surface area (Å²) in [5.41, 5.74) is 5.54. The average molecular weight is 248 g/mol. The van der Waals surface area contributed by atoms with Gasteiger partial charge in [-0.25, -0.2) is 0 Å². The molecule has 4 nitrogen and oxygen atoms in total. The third-order valence-electron chi connectivity index (χ3n) is 2.63. The standard InChI is InChI=1S/C11H24N2O2S/c1-4-10(8-12)7-11(14)13-9(2)5-6-16(3)15/h9-10H,4-8,12H2,1-3H3,(H,13,14). The zero-order valence-electron chi connectivity index (χ0n) is 10.5. The summed E-state index contributed by atoms with van der Waals surface area (Å²) in [5.74, 6) is 0.953. The predicted octanol–water partition coefficient (Wildman–Crippen LogP) is 0.635. The van der Waals surface area contributed by atoms with Crippen molar-refractivity contribution in [3.63, 3.8) is 0 Å². The molecule has 0 aromatic heterocycles. The number of nitrogens with one attached hydrogen (secondary N) is 1. The largest absolute Gasteiger partial charge is 0.354 e. The molecule has 0 saturated heterocycles. The van der Waals surface area contributed by atoms with Crippen molar-refractivity contribution in [3.05, 3.63) is 0 Å². The summed E-state index contributed by atoms with van der Waals surface area (Å²) >= 11 is 0. The first-order valence-corrected chi connectivity index (χ1v) is 7.51. The number of hydrogen-bond acceptors (Lipinski definition) is 3. The van der Waals surface area contributed by atoms with Crippen LogP contribution in [0.1, 0.15) is 33.1 Å². The molecule has 0 aliphatic rings. The Kier molecular flexibility index (Phi) is 8.47. The smallest absolute Gasteiger partial charge is 0.220 e. The van der Waals surface area contributed by atoms with Crippen LogP contribution in [-0.4, -0.2) is 34.7 Å². The van der Waals surface area contributed by atoms with Gasteiger partial charge >= 0.3 is 0 Å². The zero-order chi connectivity index (χ0) is 12.6. The van der Waals surface area contributed by atoms with Crippen LogP contribution < -0.4 is 11.1 Å². The van der Waals surface area contributed by atoms with Crippen LogP contribution in [0, 0.1) is 5.92 Å². The van der Waals surface area contributed by atoms with Crippen LogP contribution in [0.3, 0.4) is 0 Å². The van der Waals surface area contributed by atoms with Gasteiger partial charge in [0.2, 0.25) is 5.91 Å². The van der Waals surface area contributed by atoms with Crippen LogP contribution in [0.4, 0.5) is 0 Å². The van der Waals surface area contributed by atoms with Crippen molar-refractivity contribution in [3.8, 4) is 0 Å². The van der Waals surface area contributed by atoms with Gasteiger partial charge in [-0.15, -0.1) is 0 Å². The number of amides is 1. The molecular weight excluding hydrogens is 224 g/mol. The van der Waals surface area contributed by atoms with Gasteiger partial charge < -0.3 is 11.1 Å². The van der Waals surface area contributed by atoms with E-state index in [0.717, 1.165) is 12.8 Å². The van der Waals surface area contributed by atoms with E-state index < -0.39 is 10.8 Å². The highest BCUT2D eigenvalue weighted by Gasteiger charge is 2.12. The first-order valence-electron chi connectivity index (χ1n) is 5.79. The lowest BCUT2D eigenvalue weighted by molar-refractivity contribution is -0.122. The van der Waals surface area contributed by atoms with E-state index in [2.05, 4.69) is 5.32 Å². The Bertz CT molecular complexity index is 230. The fourth-order valence-corrected chi connectivity index (χ4v) is 2.09. The van der Waals surface area contributed by atoms with Crippen molar-refractivity contribution in [2.75, 3.05) is 18.6 Å². The Morgan fingerprint density at radius 2 is 2.12 bits per heavy atom. The Morgan fingerprint density at radius 3 is 2.56 bits per heavy atom. The molecule has 0 saturated carbocycles. The van der Waals surface area contributed by atoms with Gasteiger partial charge in [0.15, 0.2) is 0 Å². The van der Waals surface area contributed by atoms with Gasteiger partial charge in [-0.05, 0) is 25.8 Å². The Balaban J connectivity index is 3.81. The molecule has 3 N–H and O–H groups in total. The Morgan fingerprint density at radius 1 is 1.50 bits per heavy atom. The molecule has 0 radical (unpaired) electrons. The molecule has 0 bridgehead atoms. The lowest BCUT2D eigenvalue weighted by Crippen LogP contribution is -2.35. The highest BCUT2D eigenvalue weighted by molar-refractivity contribution is 7.84. The average Bonchev–Trinajstić information content (AvgIpc) is 2.23. The van der Waals surface area contributed by atoms with E-state index in [0.29, 0.717) is 18.7 Å². The lowest BCUT2D eigenvalue weighted by Gasteiger charge is -2.16. The Hall–Kier alpha value is -0.420. The molecule has 0 rings (SSSR count). The van der Waals surface area contributed by atoms with Crippen molar-refractivity contribution >= 4 is 16.7 Å². The third kappa shape index (κ3) is 7.82. The molecule has 0 spiro atoms. The fourth-order valence-electron chi connectivity index (χ4n) is 1.41. The first kappa shape index (κ1) is 15.6. The van der Waals surface area contributed by atoms with E-state index in [9.17, 15) is 9.00 Å². The summed E-state index contributed by atoms with van der Waals surface area (Å²) in [4.78, 5) is 11.6. The Labute approximate surface area is 101 Å². The van der Waals surface area contributed by atoms with Crippen LogP contribution in [0.5, 0.6) is 0 Å². The van der Waals surface area contributed by atoms with Crippen LogP contribution in [0.15, 0.2) is 0 Å². The number of nitrogens with two attached hydrogens (primary N) is 1. The number of hydrogen-bond donors (Lipinski definition) is 2. The number of carbonyl (C=O) groups excluding carboxylic acids is 1. The van der Waals surface area contributed by atoms with Gasteiger partial charge in [0.1, 0.15) is 0 Å². The minimum absolute atomic E-state index is 0.0479. The molecule has 0 fully saturated rings. The summed E-state index contributed by atoms with van der Waals surface area (Å²) in [6, 6.07) is 0.0895. The number of rotatable bonds is 8. The van der Waals surface area contributed by atoms with Gasteiger partial charge in [0.05, 0.1) is 0 Å². The molecule has 96 valence electrons. The molecular formula is C11H24N2O2S. The molecule has 0 aromatic rings. The normalized spacial score (nSPS) is 16.5. The predicted molar refractivity (Wildman–Crippen MR) is 68.6 cm³/mol. The second kappa shape index (κ2) is 8.70. The molecule has 0 heterocycles. The van der Waals surface area contributed by atoms with Gasteiger partial charge in [-0.1, -0.05) is 13.3 Å². The molecule has 0 aliphatic heterocycles. The van der Waals surface area contributed by atoms with Crippen molar-refractivity contribution in [1.29, 1.82) is 0 Å². The first-order chi connectivity index (χ1) is 7.49. The second-order valence-corrected chi connectivity index (χ2v) is 5.80. The molecule has 1 amide bonds. The van der Waals surface area contributed by atoms with Crippen molar-refractivity contribution in [2.45, 2.75) is 39.2 Å². The minimum Gasteiger partial charge on any atom is -0.354 e. The van der Waals surface area contributed by atoms with E-state index in [1.807, 2.05) is 13.8 Å². The summed E-state index contributed by atoms with van der Waals surface area (Å²) in [7, 11) is -0.786. The monoisotopic (exact) mass is 248 g/mol. The van der Waals surface area contributed by atoms with Gasteiger partial charge in [0, 0.05) is 35.3 Å². The molecule has 0 aliphatic carbocycles. The zero-order valence-corrected chi connectivity index (χ0v) is 11.3. The van der Waals surface area contributed by atoms with Crippen LogP contribution in [-0.2, 0) is 15.6 Å². The SMILES string of the molecule is CCC(CN)CC(=O)NC(C)CCS(C)=O. The van der Waals surface area contributed by atoms with Gasteiger partial charge in [-0.3, -0.25) is 9.00 Å². The molecule has 3 atom stereocenters. The third-order valence-corrected chi connectivity index (χ3v) is 3.44. The van der Waals surface area contributed by atoms with Crippen molar-refractivity contribution in [1.82, 2.24) is 5.32 Å². The highest BCUT2D eigenvalue weighted by Crippen LogP contribution is 2.06. The molecule has 0 aromatic carbocycles. The minimum atomic E-state index is -0.786. The van der Waals surface area contributed by atoms with E-state index in [1.165, 1.54) is 0 Å². The van der Waals surface area contributed by atoms with Gasteiger partial charge in [-0.2, -0.15) is 0 Å². The molecule has 16 heavy (non-hydrogen) atoms. The van der Waals surface area contributed by atoms with E-state index in [4.69, 9.17) is 5.73 Å². The summed E-state index contributed by atoms with van der Waals surface area (Å²) in [6.45, 7) is 4.53. The van der Waals surface area contributed by atoms with E-state index >= 15 is 0 Å². The van der Waals surface area contributed by atoms with E-state index in [-0.39, 0.29) is 17.9 Å². The highest BCUT2D eigenvalue weighted by atomic mass is 32.2. The van der Waals surface area contributed by atoms with Crippen LogP contribution in [0.25, 0.3) is 0 Å². The van der Waals surface area contributed by atoms with Crippen LogP contribution >= 0.6 is 0 Å². The van der Waals surface area contributed by atoms with Crippen molar-refractivity contribution < 1.29 is 9.00 Å². The van der Waals surface area contributed by atoms with E-state index in [1.54, 1.807) is 6.26 Å². The maximum absolute atomic E-state index is 11.6. The van der Waals surface area contributed by atoms with Crippen molar-refractivity contribution in [2.24, 2.45) is 11.7 Å². The lowest BCUT2D eigenvalue weighted by atomic mass is 10.0. The topological polar surface area (TPSA) is 72.2 Å². The van der Waals surface area contributed by atoms with Gasteiger partial charge in [0.25, 0.3) is 0 Å². The second-order valence-electron chi connectivity index (χ2n) is 4.25. The van der Waals surface area contributed by atoms with Crippen LogP contribution in [0.2, 0.25) is 0 Å². The molecule has 3 unspecified atom stereocenters. The maximum Gasteiger partial charge on any atom is 0.220 e. The molecule has 5 heteroatoms. The maximum atomic E-state index is 11.6. The summed E-state index contributed by atoms with van der Waals surface area (Å²) in [6.07, 6.45) is 3.86.